The molecule has 0 aromatic rings. The number of oxime groups is 1. The molecule has 0 saturated carbocycles. The van der Waals surface area contributed by atoms with Crippen molar-refractivity contribution in [3.05, 3.63) is 0 Å². The summed E-state index contributed by atoms with van der Waals surface area (Å²) in [6.07, 6.45) is 16.3. The third kappa shape index (κ3) is 68.9. The van der Waals surface area contributed by atoms with Gasteiger partial charge in [0, 0.05) is 111 Å². The van der Waals surface area contributed by atoms with Crippen LogP contribution >= 0.6 is 0 Å². The van der Waals surface area contributed by atoms with Crippen LogP contribution in [0.2, 0.25) is 0 Å². The molecule has 0 aliphatic rings. The highest BCUT2D eigenvalue weighted by molar-refractivity contribution is 5.83. The summed E-state index contributed by atoms with van der Waals surface area (Å²) in [4.78, 5) is 109. The molecule has 0 radical (unpaired) electrons. The van der Waals surface area contributed by atoms with Gasteiger partial charge in [-0.25, -0.2) is 5.06 Å². The quantitative estimate of drug-likeness (QED) is 0.0197. The van der Waals surface area contributed by atoms with Gasteiger partial charge in [-0.05, 0) is 91.0 Å². The molecule has 0 heterocycles. The maximum atomic E-state index is 12.0. The molecule has 0 fully saturated rings. The molecule has 0 saturated heterocycles. The standard InChI is InChI=1S/C34H66N6O8.C10H18N2O3.C6H11NO3.C2H6/c1-30(2)40-48-25-10-7-16-33(43)37-20-9-3-5-14-31(41)36-19-8-4-6-15-32(42)38-21-12-23-45-26-28-47-29-27-46-24-13-22-39-34(44)17-11-18-35;11-9(14)5-6-10(15)12-7-3-1-2-4-8-13;1-7(10-2)6(9)4-3-5-8;1-2/h3-29,35H2,1-2H3,(H,36,41)(H,37,43)(H,38,42)(H,39,44);8H,1-7H2,(H2,11,14)(H,12,15);5H,3-4H2,1-2H3;1-2H3. The minimum atomic E-state index is -0.462. The van der Waals surface area contributed by atoms with E-state index in [9.17, 15) is 43.2 Å². The Morgan fingerprint density at radius 3 is 1.25 bits per heavy atom. The van der Waals surface area contributed by atoms with Gasteiger partial charge in [-0.1, -0.05) is 38.3 Å². The zero-order valence-corrected chi connectivity index (χ0v) is 46.9. The van der Waals surface area contributed by atoms with Gasteiger partial charge in [0.2, 0.25) is 41.4 Å². The van der Waals surface area contributed by atoms with E-state index in [1.54, 1.807) is 0 Å². The van der Waals surface area contributed by atoms with Crippen LogP contribution in [0.3, 0.4) is 0 Å². The SMILES string of the molecule is CC.CC(C)=NOCCCCC(=O)NCCCCCC(=O)NCCCCCC(=O)NCCCOCCOCCOCCCNC(=O)CCCN.CON(C)C(=O)CCC=O.NC(=O)CCC(=O)NCCCCCC=O. The maximum Gasteiger partial charge on any atom is 0.246 e. The molecule has 75 heavy (non-hydrogen) atoms. The zero-order chi connectivity index (χ0) is 56.8. The van der Waals surface area contributed by atoms with Crippen molar-refractivity contribution < 1.29 is 67.0 Å². The van der Waals surface area contributed by atoms with Gasteiger partial charge in [0.1, 0.15) is 19.2 Å². The van der Waals surface area contributed by atoms with E-state index >= 15 is 0 Å². The van der Waals surface area contributed by atoms with E-state index in [0.717, 1.165) is 101 Å². The minimum absolute atomic E-state index is 0.0283. The maximum absolute atomic E-state index is 12.0. The summed E-state index contributed by atoms with van der Waals surface area (Å²) in [6, 6.07) is 0. The van der Waals surface area contributed by atoms with E-state index in [2.05, 4.69) is 36.6 Å². The largest absolute Gasteiger partial charge is 0.396 e. The summed E-state index contributed by atoms with van der Waals surface area (Å²) in [7, 11) is 2.91. The summed E-state index contributed by atoms with van der Waals surface area (Å²) in [5.74, 6) is -0.631. The van der Waals surface area contributed by atoms with Crippen molar-refractivity contribution in [1.82, 2.24) is 31.6 Å². The van der Waals surface area contributed by atoms with Gasteiger partial charge >= 0.3 is 0 Å². The lowest BCUT2D eigenvalue weighted by molar-refractivity contribution is -0.168. The van der Waals surface area contributed by atoms with Crippen LogP contribution in [0.4, 0.5) is 0 Å². The molecule has 0 rings (SSSR count). The van der Waals surface area contributed by atoms with E-state index in [1.807, 2.05) is 27.7 Å². The van der Waals surface area contributed by atoms with Crippen LogP contribution in [0.15, 0.2) is 5.16 Å². The molecule has 0 aliphatic carbocycles. The topological polar surface area (TPSA) is 328 Å². The number of amides is 7. The number of primary amides is 1. The van der Waals surface area contributed by atoms with Gasteiger partial charge in [-0.3, -0.25) is 38.4 Å². The van der Waals surface area contributed by atoms with Crippen molar-refractivity contribution in [2.24, 2.45) is 16.6 Å². The number of hydroxylamine groups is 2. The summed E-state index contributed by atoms with van der Waals surface area (Å²) < 4.78 is 16.5. The number of nitrogens with one attached hydrogen (secondary N) is 5. The van der Waals surface area contributed by atoms with Crippen LogP contribution in [-0.2, 0) is 67.0 Å². The molecular weight excluding hydrogens is 975 g/mol. The first-order chi connectivity index (χ1) is 36.2. The number of carbonyl (C=O) groups excluding carboxylic acids is 9. The average molecular weight is 1080 g/mol. The lowest BCUT2D eigenvalue weighted by Gasteiger charge is -2.11. The Balaban J connectivity index is -0.000000755. The van der Waals surface area contributed by atoms with Gasteiger partial charge < -0.3 is 66.7 Å². The molecule has 0 aliphatic heterocycles. The second kappa shape index (κ2) is 63.2. The molecule has 23 heteroatoms. The fraction of sp³-hybridized carbons (Fsp3) is 0.808. The highest BCUT2D eigenvalue weighted by Crippen LogP contribution is 2.03. The van der Waals surface area contributed by atoms with Crippen molar-refractivity contribution in [2.45, 2.75) is 175 Å². The minimum Gasteiger partial charge on any atom is -0.396 e. The lowest BCUT2D eigenvalue weighted by Crippen LogP contribution is -2.26. The van der Waals surface area contributed by atoms with Crippen molar-refractivity contribution in [3.8, 4) is 0 Å². The molecule has 0 atom stereocenters. The smallest absolute Gasteiger partial charge is 0.246 e. The van der Waals surface area contributed by atoms with Crippen LogP contribution in [-0.4, -0.2) is 164 Å². The van der Waals surface area contributed by atoms with Gasteiger partial charge in [0.05, 0.1) is 39.2 Å². The number of ether oxygens (including phenoxy) is 3. The molecule has 0 aromatic heterocycles. The molecular formula is C52H101N9O14. The summed E-state index contributed by atoms with van der Waals surface area (Å²) in [5, 5.41) is 19.2. The predicted octanol–water partition coefficient (Wildman–Crippen LogP) is 3.86. The number of rotatable bonds is 48. The highest BCUT2D eigenvalue weighted by atomic mass is 16.7. The first-order valence-electron chi connectivity index (χ1n) is 27.1. The number of hydrogen-bond donors (Lipinski definition) is 7. The van der Waals surface area contributed by atoms with Crippen LogP contribution in [0, 0.1) is 0 Å². The number of carbonyl (C=O) groups is 9. The normalized spacial score (nSPS) is 10.1. The number of aldehydes is 2. The number of nitrogens with zero attached hydrogens (tertiary/aromatic N) is 2. The second-order valence-corrected chi connectivity index (χ2v) is 16.9. The number of nitrogens with two attached hydrogens (primary N) is 2. The van der Waals surface area contributed by atoms with Gasteiger partial charge in [-0.2, -0.15) is 0 Å². The average Bonchev–Trinajstić information content (AvgIpc) is 3.39. The fourth-order valence-electron chi connectivity index (χ4n) is 5.74. The van der Waals surface area contributed by atoms with Gasteiger partial charge in [0.15, 0.2) is 0 Å². The van der Waals surface area contributed by atoms with Crippen molar-refractivity contribution in [1.29, 1.82) is 0 Å². The summed E-state index contributed by atoms with van der Waals surface area (Å²) >= 11 is 0. The van der Waals surface area contributed by atoms with Crippen LogP contribution in [0.5, 0.6) is 0 Å². The Kier molecular flexibility index (Phi) is 64.4. The zero-order valence-electron chi connectivity index (χ0n) is 46.9. The molecule has 0 bridgehead atoms. The molecule has 23 nitrogen and oxygen atoms in total. The van der Waals surface area contributed by atoms with E-state index in [4.69, 9.17) is 30.5 Å². The third-order valence-electron chi connectivity index (χ3n) is 9.89. The highest BCUT2D eigenvalue weighted by Gasteiger charge is 2.07. The van der Waals surface area contributed by atoms with E-state index in [-0.39, 0.29) is 61.1 Å². The first kappa shape index (κ1) is 76.4. The van der Waals surface area contributed by atoms with Crippen molar-refractivity contribution >= 4 is 59.6 Å². The van der Waals surface area contributed by atoms with E-state index in [0.29, 0.717) is 130 Å². The Morgan fingerprint density at radius 1 is 0.467 bits per heavy atom. The van der Waals surface area contributed by atoms with Gasteiger partial charge in [0.25, 0.3) is 0 Å². The third-order valence-corrected chi connectivity index (χ3v) is 9.89. The monoisotopic (exact) mass is 1080 g/mol. The first-order valence-corrected chi connectivity index (χ1v) is 27.1. The second-order valence-electron chi connectivity index (χ2n) is 16.9. The van der Waals surface area contributed by atoms with Gasteiger partial charge in [-0.15, -0.1) is 0 Å². The Bertz CT molecular complexity index is 1460. The molecule has 0 unspecified atom stereocenters. The summed E-state index contributed by atoms with van der Waals surface area (Å²) in [5.41, 5.74) is 11.2. The Morgan fingerprint density at radius 2 is 0.853 bits per heavy atom. The molecule has 7 amide bonds. The molecule has 9 N–H and O–H groups in total. The van der Waals surface area contributed by atoms with Crippen molar-refractivity contribution in [2.75, 3.05) is 99.7 Å². The van der Waals surface area contributed by atoms with Crippen LogP contribution in [0.25, 0.3) is 0 Å². The fourth-order valence-corrected chi connectivity index (χ4v) is 5.74. The lowest BCUT2D eigenvalue weighted by atomic mass is 10.1. The number of unbranched alkanes of at least 4 members (excludes halogenated alkanes) is 8. The van der Waals surface area contributed by atoms with Crippen molar-refractivity contribution in [3.63, 3.8) is 0 Å². The molecule has 438 valence electrons. The van der Waals surface area contributed by atoms with E-state index in [1.165, 1.54) is 14.2 Å². The van der Waals surface area contributed by atoms with Crippen LogP contribution < -0.4 is 38.1 Å². The molecule has 0 spiro atoms. The number of hydrogen-bond acceptors (Lipinski definition) is 16. The molecule has 0 aromatic carbocycles. The van der Waals surface area contributed by atoms with Crippen LogP contribution in [0.1, 0.15) is 175 Å². The summed E-state index contributed by atoms with van der Waals surface area (Å²) in [6.45, 7) is 14.9. The van der Waals surface area contributed by atoms with E-state index < -0.39 is 5.91 Å². The Hall–Kier alpha value is -5.10. The Labute approximate surface area is 448 Å². The predicted molar refractivity (Wildman–Crippen MR) is 290 cm³/mol.